The van der Waals surface area contributed by atoms with Crippen molar-refractivity contribution < 1.29 is 78.3 Å². The molecule has 84 heavy (non-hydrogen) atoms. The average molecular weight is 1200 g/mol. The van der Waals surface area contributed by atoms with Crippen molar-refractivity contribution in [3.63, 3.8) is 0 Å². The predicted molar refractivity (Wildman–Crippen MR) is 303 cm³/mol. The monoisotopic (exact) mass is 1200 g/mol. The van der Waals surface area contributed by atoms with E-state index < -0.39 is 144 Å². The van der Waals surface area contributed by atoms with Crippen molar-refractivity contribution in [2.45, 2.75) is 196 Å². The molecule has 15 atom stereocenters. The van der Waals surface area contributed by atoms with E-state index in [0.717, 1.165) is 101 Å². The summed E-state index contributed by atoms with van der Waals surface area (Å²) in [6, 6.07) is -7.04. The molecule has 0 aromatic carbocycles. The number of aliphatic imine (C=N–C) groups is 1. The third-order valence-electron chi connectivity index (χ3n) is 15.8. The quantitative estimate of drug-likeness (QED) is 0.0299. The van der Waals surface area contributed by atoms with E-state index >= 15 is 0 Å². The molecule has 0 aliphatic carbocycles. The van der Waals surface area contributed by atoms with Gasteiger partial charge in [0.15, 0.2) is 18.5 Å². The molecule has 4 aliphatic heterocycles. The van der Waals surface area contributed by atoms with Crippen LogP contribution >= 0.6 is 0 Å². The fourth-order valence-corrected chi connectivity index (χ4v) is 10.9. The van der Waals surface area contributed by atoms with Crippen molar-refractivity contribution in [2.75, 3.05) is 72.7 Å². The number of ether oxygens (including phenoxy) is 5. The second-order valence-corrected chi connectivity index (χ2v) is 22.7. The number of carboxylic acid groups (broad SMARTS) is 2. The zero-order valence-corrected chi connectivity index (χ0v) is 49.1. The number of aliphatic carboxylic acids is 2. The second kappa shape index (κ2) is 34.7. The van der Waals surface area contributed by atoms with Crippen LogP contribution in [0.15, 0.2) is 26.8 Å². The molecule has 478 valence electrons. The summed E-state index contributed by atoms with van der Waals surface area (Å²) in [6.45, 7) is 10.8. The van der Waals surface area contributed by atoms with Crippen molar-refractivity contribution in [1.29, 1.82) is 0 Å². The Morgan fingerprint density at radius 2 is 1.46 bits per heavy atom. The lowest BCUT2D eigenvalue weighted by molar-refractivity contribution is -0.238. The van der Waals surface area contributed by atoms with E-state index in [0.29, 0.717) is 12.8 Å². The number of aliphatic hydroxyl groups excluding tert-OH is 4. The Bertz CT molecular complexity index is 2380. The van der Waals surface area contributed by atoms with E-state index in [1.807, 2.05) is 0 Å². The van der Waals surface area contributed by atoms with Crippen molar-refractivity contribution >= 4 is 35.7 Å². The van der Waals surface area contributed by atoms with E-state index in [1.54, 1.807) is 32.6 Å². The molecule has 16 N–H and O–H groups in total. The topological polar surface area (TPSA) is 439 Å². The lowest BCUT2D eigenvalue weighted by atomic mass is 9.96. The first-order valence-electron chi connectivity index (χ1n) is 29.5. The molecule has 30 heteroatoms. The Balaban J connectivity index is 1.36. The summed E-state index contributed by atoms with van der Waals surface area (Å²) in [7, 11) is 1.27. The van der Waals surface area contributed by atoms with Gasteiger partial charge in [-0.15, -0.1) is 0 Å². The number of aliphatic hydroxyl groups is 4. The van der Waals surface area contributed by atoms with Gasteiger partial charge in [-0.1, -0.05) is 79.1 Å². The van der Waals surface area contributed by atoms with E-state index in [1.165, 1.54) is 7.11 Å². The molecule has 3 saturated heterocycles. The molecule has 1 aromatic rings. The Morgan fingerprint density at radius 3 is 2.05 bits per heavy atom. The standard InChI is InChI=1S/C54H94N12O18/c1-30(2)35(49(74)75)62-53(78)63-36(32-17-20-58-52(56)59-32)47(73)61-37(39(68)31(3)4)46(72)57-19-16-23-65(22-15-13-11-9-7-6-8-10-12-14-21-64-25-27-81-28-26-64)38(50(76)77)43(84-51-45(80-5)40(69)33(29-55)82-51)44-41(70)42(71)48(83-44)66-24-18-34(67)60-54(66)79/h18,24,30-33,35-45,48,51,68-71H,6-17,19-23,25-29,55H2,1-5H3,(H,57,72)(H,61,73)(H,74,75)(H,76,77)(H3,56,58,59)(H,60,67,79)(H2,62,63,78)/t32?,33-,35?,36?,37?,38?,39?,40+,41+,42-,43-,44+,45-,48-,51?/m1/s1. The molecule has 5 rings (SSSR count). The van der Waals surface area contributed by atoms with Crippen molar-refractivity contribution in [1.82, 2.24) is 45.9 Å². The predicted octanol–water partition coefficient (Wildman–Crippen LogP) is -2.95. The minimum absolute atomic E-state index is 0.0287. The first-order chi connectivity index (χ1) is 40.1. The number of hydrogen-bond acceptors (Lipinski definition) is 22. The molecule has 7 unspecified atom stereocenters. The van der Waals surface area contributed by atoms with Gasteiger partial charge in [0.25, 0.3) is 5.56 Å². The first kappa shape index (κ1) is 69.4. The van der Waals surface area contributed by atoms with Crippen LogP contribution in [0.2, 0.25) is 0 Å². The number of methoxy groups -OCH3 is 1. The number of carboxylic acids is 2. The Kier molecular flexibility index (Phi) is 28.7. The number of carbonyl (C=O) groups excluding carboxylic acids is 3. The van der Waals surface area contributed by atoms with Crippen LogP contribution in [0.1, 0.15) is 111 Å². The SMILES string of the molecule is CO[C@H]1C(O[C@H](C(C(=O)O)N(CCCCCCCCCCCCN2CCOCC2)CCCNC(=O)C(NC(=O)C(NC(=O)NC(C(=O)O)C(C)C)C2CCN=C(N)N2)C(O)C(C)C)[C@H]2O[C@@H](n3ccc(=O)[nH]c3=O)[C@H](O)[C@@H]2O)O[C@H](CN)[C@@H]1O. The van der Waals surface area contributed by atoms with Crippen molar-refractivity contribution in [2.24, 2.45) is 28.3 Å². The summed E-state index contributed by atoms with van der Waals surface area (Å²) in [5, 5.41) is 79.7. The number of unbranched alkanes of at least 4 members (excludes halogenated alkanes) is 9. The van der Waals surface area contributed by atoms with Gasteiger partial charge in [-0.3, -0.25) is 43.5 Å². The molecular weight excluding hydrogens is 1100 g/mol. The van der Waals surface area contributed by atoms with Crippen LogP contribution in [-0.2, 0) is 42.9 Å². The van der Waals surface area contributed by atoms with E-state index in [2.05, 4.69) is 41.5 Å². The largest absolute Gasteiger partial charge is 0.480 e. The van der Waals surface area contributed by atoms with E-state index in [9.17, 15) is 64.2 Å². The lowest BCUT2D eigenvalue weighted by Gasteiger charge is -2.39. The number of nitrogens with two attached hydrogens (primary N) is 2. The van der Waals surface area contributed by atoms with Crippen LogP contribution in [0.4, 0.5) is 4.79 Å². The number of urea groups is 1. The molecule has 4 amide bonds. The van der Waals surface area contributed by atoms with Gasteiger partial charge in [0, 0.05) is 58.6 Å². The van der Waals surface area contributed by atoms with Gasteiger partial charge in [-0.2, -0.15) is 0 Å². The lowest BCUT2D eigenvalue weighted by Crippen LogP contribution is -2.66. The average Bonchev–Trinajstić information content (AvgIpc) is 2.42. The maximum Gasteiger partial charge on any atom is 0.330 e. The van der Waals surface area contributed by atoms with Crippen LogP contribution in [0.25, 0.3) is 0 Å². The minimum Gasteiger partial charge on any atom is -0.480 e. The summed E-state index contributed by atoms with van der Waals surface area (Å²) < 4.78 is 30.4. The number of nitrogens with zero attached hydrogens (tertiary/aromatic N) is 4. The molecule has 0 spiro atoms. The zero-order chi connectivity index (χ0) is 61.6. The number of carbonyl (C=O) groups is 5. The van der Waals surface area contributed by atoms with E-state index in [4.69, 9.17) is 35.2 Å². The van der Waals surface area contributed by atoms with Gasteiger partial charge < -0.3 is 92.4 Å². The van der Waals surface area contributed by atoms with Crippen molar-refractivity contribution in [3.05, 3.63) is 33.1 Å². The number of amides is 4. The summed E-state index contributed by atoms with van der Waals surface area (Å²) in [6.07, 6.45) is -4.70. The van der Waals surface area contributed by atoms with Gasteiger partial charge in [-0.05, 0) is 50.6 Å². The molecule has 3 fully saturated rings. The molecule has 0 saturated carbocycles. The molecule has 1 aromatic heterocycles. The molecule has 5 heterocycles. The number of aromatic nitrogens is 2. The minimum atomic E-state index is -1.92. The highest BCUT2D eigenvalue weighted by Gasteiger charge is 2.55. The summed E-state index contributed by atoms with van der Waals surface area (Å²) in [5.41, 5.74) is 10.1. The summed E-state index contributed by atoms with van der Waals surface area (Å²) in [4.78, 5) is 103. The second-order valence-electron chi connectivity index (χ2n) is 22.7. The van der Waals surface area contributed by atoms with Crippen LogP contribution in [-0.4, -0.2) is 244 Å². The van der Waals surface area contributed by atoms with Crippen LogP contribution < -0.4 is 49.3 Å². The number of H-pyrrole nitrogens is 1. The highest BCUT2D eigenvalue weighted by atomic mass is 16.7. The third-order valence-corrected chi connectivity index (χ3v) is 15.8. The molecule has 4 aliphatic rings. The van der Waals surface area contributed by atoms with Gasteiger partial charge in [0.05, 0.1) is 25.4 Å². The van der Waals surface area contributed by atoms with Crippen LogP contribution in [0, 0.1) is 11.8 Å². The Labute approximate surface area is 489 Å². The van der Waals surface area contributed by atoms with Gasteiger partial charge in [0.1, 0.15) is 66.9 Å². The number of hydrogen-bond donors (Lipinski definition) is 14. The number of morpholine rings is 1. The van der Waals surface area contributed by atoms with Gasteiger partial charge in [-0.25, -0.2) is 14.4 Å². The fourth-order valence-electron chi connectivity index (χ4n) is 10.9. The molecule has 0 radical (unpaired) electrons. The van der Waals surface area contributed by atoms with E-state index in [-0.39, 0.29) is 51.5 Å². The van der Waals surface area contributed by atoms with Gasteiger partial charge >= 0.3 is 23.7 Å². The number of aromatic amines is 1. The van der Waals surface area contributed by atoms with Gasteiger partial charge in [0.2, 0.25) is 11.8 Å². The van der Waals surface area contributed by atoms with Crippen molar-refractivity contribution in [3.8, 4) is 0 Å². The normalized spacial score (nSPS) is 26.0. The molecular formula is C54H94N12O18. The number of guanidine groups is 1. The smallest absolute Gasteiger partial charge is 0.330 e. The third kappa shape index (κ3) is 20.1. The maximum absolute atomic E-state index is 14.2. The summed E-state index contributed by atoms with van der Waals surface area (Å²) in [5.74, 6) is -5.72. The van der Waals surface area contributed by atoms with Crippen LogP contribution in [0.5, 0.6) is 0 Å². The summed E-state index contributed by atoms with van der Waals surface area (Å²) >= 11 is 0. The highest BCUT2D eigenvalue weighted by molar-refractivity contribution is 5.94. The molecule has 0 bridgehead atoms. The Morgan fingerprint density at radius 1 is 0.821 bits per heavy atom. The van der Waals surface area contributed by atoms with Crippen LogP contribution in [0.3, 0.4) is 0 Å². The highest BCUT2D eigenvalue weighted by Crippen LogP contribution is 2.36. The molecule has 30 nitrogen and oxygen atoms in total. The number of nitrogens with one attached hydrogen (secondary N) is 6. The Hall–Kier alpha value is -5.38. The zero-order valence-electron chi connectivity index (χ0n) is 49.1. The fraction of sp³-hybridized carbons (Fsp3) is 0.815. The maximum atomic E-state index is 14.2. The number of rotatable bonds is 36. The first-order valence-corrected chi connectivity index (χ1v) is 29.5.